The van der Waals surface area contributed by atoms with Gasteiger partial charge in [-0.1, -0.05) is 42.5 Å². The maximum absolute atomic E-state index is 13.2. The fraction of sp³-hybridized carbons (Fsp3) is 0.200. The van der Waals surface area contributed by atoms with E-state index in [1.807, 2.05) is 6.07 Å². The lowest BCUT2D eigenvalue weighted by molar-refractivity contribution is -0.117. The van der Waals surface area contributed by atoms with Gasteiger partial charge in [0.1, 0.15) is 11.8 Å². The highest BCUT2D eigenvalue weighted by Crippen LogP contribution is 2.22. The van der Waals surface area contributed by atoms with Crippen molar-refractivity contribution in [1.82, 2.24) is 4.72 Å². The molecule has 1 unspecified atom stereocenters. The average molecular weight is 483 g/mol. The molecule has 3 aromatic rings. The van der Waals surface area contributed by atoms with Crippen LogP contribution in [-0.2, 0) is 26.0 Å². The zero-order valence-corrected chi connectivity index (χ0v) is 19.9. The van der Waals surface area contributed by atoms with E-state index in [-0.39, 0.29) is 22.6 Å². The molecule has 0 saturated heterocycles. The Morgan fingerprint density at radius 2 is 1.62 bits per heavy atom. The molecule has 34 heavy (non-hydrogen) atoms. The molecule has 0 spiro atoms. The number of hydrogen-bond donors (Lipinski definition) is 2. The van der Waals surface area contributed by atoms with E-state index in [1.165, 1.54) is 32.4 Å². The Morgan fingerprint density at radius 3 is 2.26 bits per heavy atom. The second kappa shape index (κ2) is 11.0. The highest BCUT2D eigenvalue weighted by molar-refractivity contribution is 7.89. The topological polar surface area (TPSA) is 111 Å². The van der Waals surface area contributed by atoms with E-state index in [2.05, 4.69) is 10.0 Å². The zero-order chi connectivity index (χ0) is 24.7. The molecule has 1 amide bonds. The molecule has 3 aromatic carbocycles. The van der Waals surface area contributed by atoms with Crippen molar-refractivity contribution in [3.8, 4) is 5.75 Å². The van der Waals surface area contributed by atoms with Crippen molar-refractivity contribution in [2.75, 3.05) is 19.5 Å². The Morgan fingerprint density at radius 1 is 0.941 bits per heavy atom. The summed E-state index contributed by atoms with van der Waals surface area (Å²) < 4.78 is 38.8. The van der Waals surface area contributed by atoms with Gasteiger partial charge in [0, 0.05) is 0 Å². The molecule has 0 radical (unpaired) electrons. The Labute approximate surface area is 199 Å². The van der Waals surface area contributed by atoms with Crippen LogP contribution in [0.2, 0.25) is 0 Å². The van der Waals surface area contributed by atoms with Gasteiger partial charge in [0.05, 0.1) is 30.4 Å². The van der Waals surface area contributed by atoms with Crippen LogP contribution in [0.25, 0.3) is 0 Å². The summed E-state index contributed by atoms with van der Waals surface area (Å²) in [6, 6.07) is 18.7. The van der Waals surface area contributed by atoms with E-state index >= 15 is 0 Å². The molecule has 0 aliphatic heterocycles. The van der Waals surface area contributed by atoms with Gasteiger partial charge in [0.15, 0.2) is 0 Å². The molecular weight excluding hydrogens is 456 g/mol. The van der Waals surface area contributed by atoms with E-state index in [1.54, 1.807) is 55.5 Å². The van der Waals surface area contributed by atoms with E-state index in [0.717, 1.165) is 5.56 Å². The molecule has 0 fully saturated rings. The summed E-state index contributed by atoms with van der Waals surface area (Å²) in [7, 11) is -1.31. The number of anilines is 1. The second-order valence-electron chi connectivity index (χ2n) is 7.52. The maximum atomic E-state index is 13.2. The van der Waals surface area contributed by atoms with Gasteiger partial charge in [-0.05, 0) is 54.8 Å². The van der Waals surface area contributed by atoms with Gasteiger partial charge in [0.25, 0.3) is 0 Å². The molecular formula is C25H26N2O6S. The molecule has 0 aromatic heterocycles. The van der Waals surface area contributed by atoms with Crippen LogP contribution in [0.15, 0.2) is 77.7 Å². The number of para-hydroxylation sites is 1. The summed E-state index contributed by atoms with van der Waals surface area (Å²) in [6.45, 7) is 1.73. The molecule has 0 aliphatic carbocycles. The minimum Gasteiger partial charge on any atom is -0.496 e. The highest BCUT2D eigenvalue weighted by Gasteiger charge is 2.27. The third-order valence-electron chi connectivity index (χ3n) is 5.16. The Kier molecular flexibility index (Phi) is 8.04. The monoisotopic (exact) mass is 482 g/mol. The average Bonchev–Trinajstić information content (AvgIpc) is 2.84. The van der Waals surface area contributed by atoms with Crippen LogP contribution in [0.5, 0.6) is 5.75 Å². The van der Waals surface area contributed by atoms with Crippen molar-refractivity contribution in [2.24, 2.45) is 0 Å². The van der Waals surface area contributed by atoms with Crippen LogP contribution in [0.4, 0.5) is 5.69 Å². The number of methoxy groups -OCH3 is 2. The minimum absolute atomic E-state index is 0.00613. The van der Waals surface area contributed by atoms with Gasteiger partial charge in [-0.15, -0.1) is 0 Å². The zero-order valence-electron chi connectivity index (χ0n) is 19.1. The van der Waals surface area contributed by atoms with Crippen LogP contribution < -0.4 is 14.8 Å². The summed E-state index contributed by atoms with van der Waals surface area (Å²) >= 11 is 0. The van der Waals surface area contributed by atoms with Gasteiger partial charge in [-0.25, -0.2) is 13.2 Å². The number of ether oxygens (including phenoxy) is 2. The number of hydrogen-bond acceptors (Lipinski definition) is 6. The number of nitrogens with one attached hydrogen (secondary N) is 2. The first-order valence-corrected chi connectivity index (χ1v) is 11.9. The van der Waals surface area contributed by atoms with Crippen molar-refractivity contribution >= 4 is 27.6 Å². The smallest absolute Gasteiger partial charge is 0.339 e. The first-order valence-electron chi connectivity index (χ1n) is 10.4. The summed E-state index contributed by atoms with van der Waals surface area (Å²) in [5.74, 6) is -0.684. The summed E-state index contributed by atoms with van der Waals surface area (Å²) in [4.78, 5) is 25.3. The number of amides is 1. The van der Waals surface area contributed by atoms with Gasteiger partial charge >= 0.3 is 5.97 Å². The number of esters is 1. The summed E-state index contributed by atoms with van der Waals surface area (Å²) in [5, 5.41) is 2.66. The van der Waals surface area contributed by atoms with Crippen molar-refractivity contribution in [2.45, 2.75) is 24.3 Å². The molecule has 178 valence electrons. The fourth-order valence-electron chi connectivity index (χ4n) is 3.41. The Balaban J connectivity index is 1.92. The van der Waals surface area contributed by atoms with Gasteiger partial charge in [0.2, 0.25) is 15.9 Å². The van der Waals surface area contributed by atoms with Crippen LogP contribution in [0, 0.1) is 6.92 Å². The van der Waals surface area contributed by atoms with Crippen molar-refractivity contribution in [3.63, 3.8) is 0 Å². The molecule has 0 saturated carbocycles. The van der Waals surface area contributed by atoms with E-state index in [0.29, 0.717) is 11.3 Å². The normalized spacial score (nSPS) is 12.0. The van der Waals surface area contributed by atoms with Crippen LogP contribution in [-0.4, -0.2) is 40.6 Å². The Bertz CT molecular complexity index is 1280. The number of sulfonamides is 1. The first kappa shape index (κ1) is 24.9. The van der Waals surface area contributed by atoms with E-state index < -0.39 is 27.9 Å². The summed E-state index contributed by atoms with van der Waals surface area (Å²) in [6.07, 6.45) is 0.0986. The molecule has 9 heteroatoms. The molecule has 0 aliphatic rings. The van der Waals surface area contributed by atoms with Gasteiger partial charge in [-0.3, -0.25) is 4.79 Å². The SMILES string of the molecule is COC(=O)c1ccccc1NC(=O)C(Cc1ccccc1)NS(=O)(=O)c1ccc(OC)c(C)c1. The number of aryl methyl sites for hydroxylation is 1. The van der Waals surface area contributed by atoms with Crippen molar-refractivity contribution < 1.29 is 27.5 Å². The van der Waals surface area contributed by atoms with Crippen molar-refractivity contribution in [1.29, 1.82) is 0 Å². The lowest BCUT2D eigenvalue weighted by Gasteiger charge is -2.20. The molecule has 0 heterocycles. The number of benzene rings is 3. The highest BCUT2D eigenvalue weighted by atomic mass is 32.2. The van der Waals surface area contributed by atoms with Gasteiger partial charge in [-0.2, -0.15) is 4.72 Å². The fourth-order valence-corrected chi connectivity index (χ4v) is 4.69. The van der Waals surface area contributed by atoms with E-state index in [4.69, 9.17) is 9.47 Å². The number of carbonyl (C=O) groups excluding carboxylic acids is 2. The lowest BCUT2D eigenvalue weighted by Crippen LogP contribution is -2.45. The van der Waals surface area contributed by atoms with Crippen LogP contribution >= 0.6 is 0 Å². The van der Waals surface area contributed by atoms with Crippen LogP contribution in [0.3, 0.4) is 0 Å². The van der Waals surface area contributed by atoms with Crippen LogP contribution in [0.1, 0.15) is 21.5 Å². The first-order chi connectivity index (χ1) is 16.2. The second-order valence-corrected chi connectivity index (χ2v) is 9.24. The largest absolute Gasteiger partial charge is 0.496 e. The number of carbonyl (C=O) groups is 2. The van der Waals surface area contributed by atoms with Crippen molar-refractivity contribution in [3.05, 3.63) is 89.5 Å². The quantitative estimate of drug-likeness (QED) is 0.453. The Hall–Kier alpha value is -3.69. The molecule has 3 rings (SSSR count). The van der Waals surface area contributed by atoms with Gasteiger partial charge < -0.3 is 14.8 Å². The third kappa shape index (κ3) is 6.00. The minimum atomic E-state index is -4.05. The standard InChI is InChI=1S/C25H26N2O6S/c1-17-15-19(13-14-23(17)32-2)34(30,31)27-22(16-18-9-5-4-6-10-18)24(28)26-21-12-8-7-11-20(21)25(29)33-3/h4-15,22,27H,16H2,1-3H3,(H,26,28). The molecule has 0 bridgehead atoms. The molecule has 1 atom stereocenters. The predicted molar refractivity (Wildman–Crippen MR) is 128 cm³/mol. The predicted octanol–water partition coefficient (Wildman–Crippen LogP) is 3.32. The number of rotatable bonds is 9. The third-order valence-corrected chi connectivity index (χ3v) is 6.63. The van der Waals surface area contributed by atoms with E-state index in [9.17, 15) is 18.0 Å². The molecule has 8 nitrogen and oxygen atoms in total. The summed E-state index contributed by atoms with van der Waals surface area (Å²) in [5.41, 5.74) is 1.78. The molecule has 2 N–H and O–H groups in total. The lowest BCUT2D eigenvalue weighted by atomic mass is 10.1. The maximum Gasteiger partial charge on any atom is 0.339 e.